The van der Waals surface area contributed by atoms with E-state index in [1.165, 1.54) is 0 Å². The largest absolute Gasteiger partial charge is 0.467 e. The Morgan fingerprint density at radius 1 is 1.12 bits per heavy atom. The van der Waals surface area contributed by atoms with Gasteiger partial charge in [-0.05, 0) is 30.2 Å². The Kier molecular flexibility index (Phi) is 2.72. The van der Waals surface area contributed by atoms with E-state index < -0.39 is 0 Å². The molecule has 1 heterocycles. The maximum Gasteiger partial charge on any atom is 0.316 e. The minimum absolute atomic E-state index is 0.371. The van der Waals surface area contributed by atoms with Gasteiger partial charge in [0.05, 0.1) is 7.11 Å². The lowest BCUT2D eigenvalue weighted by molar-refractivity contribution is 0.380. The van der Waals surface area contributed by atoms with Crippen molar-refractivity contribution in [3.8, 4) is 17.1 Å². The Labute approximate surface area is 94.1 Å². The van der Waals surface area contributed by atoms with Crippen molar-refractivity contribution in [2.45, 2.75) is 6.92 Å². The van der Waals surface area contributed by atoms with E-state index in [1.54, 1.807) is 19.5 Å². The van der Waals surface area contributed by atoms with E-state index in [-0.39, 0.29) is 0 Å². The third kappa shape index (κ3) is 1.95. The number of benzene rings is 1. The smallest absolute Gasteiger partial charge is 0.316 e. The van der Waals surface area contributed by atoms with Gasteiger partial charge in [0.2, 0.25) is 0 Å². The van der Waals surface area contributed by atoms with Gasteiger partial charge in [-0.25, -0.2) is 9.97 Å². The van der Waals surface area contributed by atoms with Crippen LogP contribution >= 0.6 is 0 Å². The van der Waals surface area contributed by atoms with Crippen LogP contribution in [0.4, 0.5) is 5.69 Å². The van der Waals surface area contributed by atoms with Crippen molar-refractivity contribution in [2.24, 2.45) is 0 Å². The van der Waals surface area contributed by atoms with Gasteiger partial charge in [0.15, 0.2) is 0 Å². The molecule has 2 N–H and O–H groups in total. The standard InChI is InChI=1S/C12H13N3O/c1-8-5-9(3-4-11(8)13)10-6-14-12(16-2)15-7-10/h3-7H,13H2,1-2H3. The van der Waals surface area contributed by atoms with Gasteiger partial charge in [-0.2, -0.15) is 0 Å². The number of nitrogen functional groups attached to an aromatic ring is 1. The van der Waals surface area contributed by atoms with Gasteiger partial charge in [-0.3, -0.25) is 0 Å². The van der Waals surface area contributed by atoms with Crippen LogP contribution in [-0.2, 0) is 0 Å². The quantitative estimate of drug-likeness (QED) is 0.779. The van der Waals surface area contributed by atoms with Crippen LogP contribution in [0.3, 0.4) is 0 Å². The van der Waals surface area contributed by atoms with E-state index in [9.17, 15) is 0 Å². The molecule has 0 aliphatic rings. The highest BCUT2D eigenvalue weighted by molar-refractivity contribution is 5.66. The molecule has 2 aromatic rings. The van der Waals surface area contributed by atoms with Crippen molar-refractivity contribution in [3.05, 3.63) is 36.2 Å². The number of hydrogen-bond donors (Lipinski definition) is 1. The second-order valence-electron chi connectivity index (χ2n) is 3.53. The molecular weight excluding hydrogens is 202 g/mol. The second kappa shape index (κ2) is 4.18. The number of ether oxygens (including phenoxy) is 1. The normalized spacial score (nSPS) is 10.1. The summed E-state index contributed by atoms with van der Waals surface area (Å²) in [5.41, 5.74) is 9.60. The molecule has 0 amide bonds. The summed E-state index contributed by atoms with van der Waals surface area (Å²) < 4.78 is 4.91. The van der Waals surface area contributed by atoms with Gasteiger partial charge >= 0.3 is 6.01 Å². The fraction of sp³-hybridized carbons (Fsp3) is 0.167. The molecule has 4 nitrogen and oxygen atoms in total. The fourth-order valence-electron chi connectivity index (χ4n) is 1.43. The summed E-state index contributed by atoms with van der Waals surface area (Å²) in [6.45, 7) is 1.98. The molecule has 0 fully saturated rings. The van der Waals surface area contributed by atoms with Gasteiger partial charge in [0.25, 0.3) is 0 Å². The van der Waals surface area contributed by atoms with E-state index in [1.807, 2.05) is 25.1 Å². The Morgan fingerprint density at radius 2 is 1.81 bits per heavy atom. The summed E-state index contributed by atoms with van der Waals surface area (Å²) >= 11 is 0. The van der Waals surface area contributed by atoms with E-state index in [0.29, 0.717) is 6.01 Å². The summed E-state index contributed by atoms with van der Waals surface area (Å²) in [5.74, 6) is 0. The molecule has 0 aliphatic heterocycles. The summed E-state index contributed by atoms with van der Waals surface area (Å²) in [6, 6.07) is 6.22. The van der Waals surface area contributed by atoms with Gasteiger partial charge in [0, 0.05) is 23.6 Å². The predicted molar refractivity (Wildman–Crippen MR) is 63.2 cm³/mol. The van der Waals surface area contributed by atoms with Crippen LogP contribution in [0.2, 0.25) is 0 Å². The van der Waals surface area contributed by atoms with Crippen LogP contribution < -0.4 is 10.5 Å². The van der Waals surface area contributed by atoms with Gasteiger partial charge < -0.3 is 10.5 Å². The van der Waals surface area contributed by atoms with Crippen molar-refractivity contribution in [1.29, 1.82) is 0 Å². The molecule has 0 atom stereocenters. The SMILES string of the molecule is COc1ncc(-c2ccc(N)c(C)c2)cn1. The lowest BCUT2D eigenvalue weighted by Gasteiger charge is -2.05. The monoisotopic (exact) mass is 215 g/mol. The van der Waals surface area contributed by atoms with Crippen molar-refractivity contribution >= 4 is 5.69 Å². The third-order valence-electron chi connectivity index (χ3n) is 2.41. The average Bonchev–Trinajstić information content (AvgIpc) is 2.33. The molecule has 1 aromatic carbocycles. The molecule has 16 heavy (non-hydrogen) atoms. The van der Waals surface area contributed by atoms with Crippen LogP contribution in [-0.4, -0.2) is 17.1 Å². The summed E-state index contributed by atoms with van der Waals surface area (Å²) in [7, 11) is 1.54. The zero-order chi connectivity index (χ0) is 11.5. The number of aryl methyl sites for hydroxylation is 1. The number of methoxy groups -OCH3 is 1. The van der Waals surface area contributed by atoms with Gasteiger partial charge in [0.1, 0.15) is 0 Å². The van der Waals surface area contributed by atoms with Crippen LogP contribution in [0.5, 0.6) is 6.01 Å². The van der Waals surface area contributed by atoms with Crippen LogP contribution in [0.15, 0.2) is 30.6 Å². The highest BCUT2D eigenvalue weighted by atomic mass is 16.5. The van der Waals surface area contributed by atoms with Crippen molar-refractivity contribution in [2.75, 3.05) is 12.8 Å². The summed E-state index contributed by atoms with van der Waals surface area (Å²) in [6.07, 6.45) is 3.47. The van der Waals surface area contributed by atoms with Crippen LogP contribution in [0, 0.1) is 6.92 Å². The van der Waals surface area contributed by atoms with Crippen molar-refractivity contribution in [1.82, 2.24) is 9.97 Å². The minimum atomic E-state index is 0.371. The summed E-state index contributed by atoms with van der Waals surface area (Å²) in [5, 5.41) is 0. The average molecular weight is 215 g/mol. The van der Waals surface area contributed by atoms with E-state index in [4.69, 9.17) is 10.5 Å². The molecule has 0 saturated carbocycles. The molecule has 0 radical (unpaired) electrons. The first-order valence-electron chi connectivity index (χ1n) is 4.93. The van der Waals surface area contributed by atoms with Crippen LogP contribution in [0.1, 0.15) is 5.56 Å². The second-order valence-corrected chi connectivity index (χ2v) is 3.53. The summed E-state index contributed by atoms with van der Waals surface area (Å²) in [4.78, 5) is 8.12. The molecule has 0 aliphatic carbocycles. The molecule has 0 saturated heterocycles. The first kappa shape index (κ1) is 10.4. The highest BCUT2D eigenvalue weighted by Crippen LogP contribution is 2.22. The van der Waals surface area contributed by atoms with Crippen molar-refractivity contribution < 1.29 is 4.74 Å². The molecule has 0 unspecified atom stereocenters. The molecule has 82 valence electrons. The lowest BCUT2D eigenvalue weighted by atomic mass is 10.1. The zero-order valence-corrected chi connectivity index (χ0v) is 9.27. The molecule has 2 rings (SSSR count). The number of aromatic nitrogens is 2. The number of hydrogen-bond acceptors (Lipinski definition) is 4. The maximum atomic E-state index is 5.76. The number of anilines is 1. The van der Waals surface area contributed by atoms with Gasteiger partial charge in [-0.1, -0.05) is 6.07 Å². The zero-order valence-electron chi connectivity index (χ0n) is 9.27. The Morgan fingerprint density at radius 3 is 2.38 bits per heavy atom. The molecule has 1 aromatic heterocycles. The molecule has 0 spiro atoms. The Hall–Kier alpha value is -2.10. The first-order chi connectivity index (χ1) is 7.70. The Bertz CT molecular complexity index is 494. The van der Waals surface area contributed by atoms with Crippen LogP contribution in [0.25, 0.3) is 11.1 Å². The number of nitrogens with zero attached hydrogens (tertiary/aromatic N) is 2. The lowest BCUT2D eigenvalue weighted by Crippen LogP contribution is -1.93. The topological polar surface area (TPSA) is 61.0 Å². The first-order valence-corrected chi connectivity index (χ1v) is 4.93. The third-order valence-corrected chi connectivity index (χ3v) is 2.41. The van der Waals surface area contributed by atoms with Gasteiger partial charge in [-0.15, -0.1) is 0 Å². The Balaban J connectivity index is 2.38. The number of nitrogens with two attached hydrogens (primary N) is 1. The molecule has 0 bridgehead atoms. The maximum absolute atomic E-state index is 5.76. The van der Waals surface area contributed by atoms with Crippen molar-refractivity contribution in [3.63, 3.8) is 0 Å². The van der Waals surface area contributed by atoms with E-state index in [2.05, 4.69) is 9.97 Å². The fourth-order valence-corrected chi connectivity index (χ4v) is 1.43. The predicted octanol–water partition coefficient (Wildman–Crippen LogP) is 2.04. The molecule has 4 heteroatoms. The minimum Gasteiger partial charge on any atom is -0.467 e. The molecular formula is C12H13N3O. The van der Waals surface area contributed by atoms with E-state index >= 15 is 0 Å². The van der Waals surface area contributed by atoms with E-state index in [0.717, 1.165) is 22.4 Å². The number of rotatable bonds is 2. The highest BCUT2D eigenvalue weighted by Gasteiger charge is 2.02.